The molecule has 3 N–H and O–H groups in total. The lowest BCUT2D eigenvalue weighted by atomic mass is 10.1. The van der Waals surface area contributed by atoms with Crippen LogP contribution in [-0.2, 0) is 11.5 Å². The minimum atomic E-state index is -0.223. The van der Waals surface area contributed by atoms with Gasteiger partial charge < -0.3 is 15.5 Å². The number of aryl methyl sites for hydroxylation is 1. The van der Waals surface area contributed by atoms with Gasteiger partial charge in [0.1, 0.15) is 0 Å². The fourth-order valence-electron chi connectivity index (χ4n) is 2.33. The van der Waals surface area contributed by atoms with Crippen LogP contribution in [-0.4, -0.2) is 34.8 Å². The number of likely N-dealkylation sites (N-methyl/N-ethyl adjacent to an activating group) is 1. The van der Waals surface area contributed by atoms with Crippen molar-refractivity contribution in [2.75, 3.05) is 18.9 Å². The number of para-hydroxylation sites is 1. The molecule has 0 fully saturated rings. The molecule has 25 heavy (non-hydrogen) atoms. The Morgan fingerprint density at radius 3 is 2.68 bits per heavy atom. The summed E-state index contributed by atoms with van der Waals surface area (Å²) >= 11 is 6.84. The number of hydrogen-bond acceptors (Lipinski definition) is 5. The van der Waals surface area contributed by atoms with Crippen molar-refractivity contribution in [2.24, 2.45) is 0 Å². The molecule has 1 unspecified atom stereocenters. The first-order valence-corrected chi connectivity index (χ1v) is 9.39. The van der Waals surface area contributed by atoms with Crippen molar-refractivity contribution in [2.45, 2.75) is 39.9 Å². The summed E-state index contributed by atoms with van der Waals surface area (Å²) in [5.41, 5.74) is 1.94. The zero-order valence-electron chi connectivity index (χ0n) is 15.3. The highest BCUT2D eigenvalue weighted by Gasteiger charge is 2.18. The van der Waals surface area contributed by atoms with Crippen LogP contribution in [0.4, 0.5) is 10.8 Å². The number of nitrogens with zero attached hydrogens (tertiary/aromatic N) is 2. The van der Waals surface area contributed by atoms with E-state index in [-0.39, 0.29) is 11.4 Å². The van der Waals surface area contributed by atoms with Crippen LogP contribution in [0.25, 0.3) is 0 Å². The minimum Gasteiger partial charge on any atom is -0.347 e. The van der Waals surface area contributed by atoms with Crippen molar-refractivity contribution in [3.63, 3.8) is 0 Å². The smallest absolute Gasteiger partial charge is 0.275 e. The molecule has 1 aromatic carbocycles. The number of carbonyl (C=O) groups excluding carboxylic acids is 1. The van der Waals surface area contributed by atoms with Crippen molar-refractivity contribution >= 4 is 40.3 Å². The third kappa shape index (κ3) is 6.22. The summed E-state index contributed by atoms with van der Waals surface area (Å²) in [4.78, 5) is 13.0. The Kier molecular flexibility index (Phi) is 6.31. The first-order valence-electron chi connectivity index (χ1n) is 8.17. The highest BCUT2D eigenvalue weighted by atomic mass is 32.1. The minimum absolute atomic E-state index is 0.0185. The van der Waals surface area contributed by atoms with Crippen molar-refractivity contribution < 1.29 is 9.69 Å². The molecule has 1 aromatic heterocycles. The zero-order valence-corrected chi connectivity index (χ0v) is 17.0. The van der Waals surface area contributed by atoms with Crippen LogP contribution in [0.5, 0.6) is 0 Å². The average molecular weight is 381 g/mol. The fraction of sp³-hybridized carbons (Fsp3) is 0.471. The van der Waals surface area contributed by atoms with E-state index in [4.69, 9.17) is 12.2 Å². The van der Waals surface area contributed by atoms with Gasteiger partial charge in [-0.3, -0.25) is 4.79 Å². The summed E-state index contributed by atoms with van der Waals surface area (Å²) in [5.74, 6) is 0.0185. The van der Waals surface area contributed by atoms with E-state index < -0.39 is 0 Å². The molecule has 0 bridgehead atoms. The molecule has 2 rings (SSSR count). The number of nitrogens with one attached hydrogen (secondary N) is 3. The molecule has 0 aliphatic heterocycles. The van der Waals surface area contributed by atoms with Crippen molar-refractivity contribution in [3.05, 3.63) is 33.8 Å². The Morgan fingerprint density at radius 2 is 2.04 bits per heavy atom. The van der Waals surface area contributed by atoms with E-state index in [0.29, 0.717) is 17.2 Å². The zero-order chi connectivity index (χ0) is 18.6. The van der Waals surface area contributed by atoms with Gasteiger partial charge in [0.25, 0.3) is 5.91 Å². The predicted octanol–water partition coefficient (Wildman–Crippen LogP) is 2.11. The maximum Gasteiger partial charge on any atom is 0.275 e. The Hall–Kier alpha value is -1.77. The van der Waals surface area contributed by atoms with Gasteiger partial charge in [-0.2, -0.15) is 4.68 Å². The number of benzene rings is 1. The van der Waals surface area contributed by atoms with Crippen LogP contribution in [0.15, 0.2) is 24.3 Å². The molecular weight excluding hydrogens is 354 g/mol. The lowest BCUT2D eigenvalue weighted by Crippen LogP contribution is -3.09. The molecule has 136 valence electrons. The third-order valence-electron chi connectivity index (χ3n) is 3.39. The average Bonchev–Trinajstić information content (AvgIpc) is 2.79. The van der Waals surface area contributed by atoms with Gasteiger partial charge in [0.05, 0.1) is 7.05 Å². The van der Waals surface area contributed by atoms with Gasteiger partial charge in [0.15, 0.2) is 17.2 Å². The monoisotopic (exact) mass is 380 g/mol. The van der Waals surface area contributed by atoms with E-state index in [0.717, 1.165) is 21.3 Å². The maximum absolute atomic E-state index is 12.0. The van der Waals surface area contributed by atoms with Gasteiger partial charge >= 0.3 is 0 Å². The molecule has 0 radical (unpaired) electrons. The quantitative estimate of drug-likeness (QED) is 0.672. The second-order valence-electron chi connectivity index (χ2n) is 7.20. The first-order chi connectivity index (χ1) is 11.6. The van der Waals surface area contributed by atoms with Gasteiger partial charge in [-0.05, 0) is 51.5 Å². The predicted molar refractivity (Wildman–Crippen MR) is 105 cm³/mol. The van der Waals surface area contributed by atoms with Gasteiger partial charge in [-0.1, -0.05) is 29.5 Å². The summed E-state index contributed by atoms with van der Waals surface area (Å²) in [6, 6.07) is 8.04. The van der Waals surface area contributed by atoms with Crippen LogP contribution < -0.4 is 15.5 Å². The number of aromatic nitrogens is 2. The molecule has 0 saturated heterocycles. The Labute approximate surface area is 157 Å². The molecule has 1 heterocycles. The molecule has 6 nitrogen and oxygen atoms in total. The molecule has 2 aromatic rings. The summed E-state index contributed by atoms with van der Waals surface area (Å²) in [6.45, 7) is 8.88. The van der Waals surface area contributed by atoms with Crippen molar-refractivity contribution in [1.82, 2.24) is 15.1 Å². The molecular formula is C17H26N5OS2+. The highest BCUT2D eigenvalue weighted by molar-refractivity contribution is 7.73. The summed E-state index contributed by atoms with van der Waals surface area (Å²) in [7, 11) is 1.96. The lowest BCUT2D eigenvalue weighted by molar-refractivity contribution is -0.895. The van der Waals surface area contributed by atoms with Crippen molar-refractivity contribution in [3.8, 4) is 0 Å². The SMILES string of the molecule is Cc1ccccc1Nc1nn(C[NH+](C)CC(=O)NC(C)(C)C)c(=S)s1. The van der Waals surface area contributed by atoms with Gasteiger partial charge in [0.2, 0.25) is 5.13 Å². The molecule has 0 saturated carbocycles. The number of amides is 1. The number of hydrogen-bond donors (Lipinski definition) is 3. The number of rotatable bonds is 6. The highest BCUT2D eigenvalue weighted by Crippen LogP contribution is 2.22. The molecule has 1 atom stereocenters. The van der Waals surface area contributed by atoms with Crippen LogP contribution in [0.1, 0.15) is 26.3 Å². The summed E-state index contributed by atoms with van der Waals surface area (Å²) < 4.78 is 2.45. The number of anilines is 2. The molecule has 1 amide bonds. The number of carbonyl (C=O) groups is 1. The Morgan fingerprint density at radius 1 is 1.36 bits per heavy atom. The largest absolute Gasteiger partial charge is 0.347 e. The van der Waals surface area contributed by atoms with E-state index in [2.05, 4.69) is 15.7 Å². The van der Waals surface area contributed by atoms with Crippen molar-refractivity contribution in [1.29, 1.82) is 0 Å². The lowest BCUT2D eigenvalue weighted by Gasteiger charge is -2.21. The second kappa shape index (κ2) is 8.07. The van der Waals surface area contributed by atoms with Crippen LogP contribution in [0.2, 0.25) is 0 Å². The second-order valence-corrected chi connectivity index (χ2v) is 8.83. The molecule has 8 heteroatoms. The summed E-state index contributed by atoms with van der Waals surface area (Å²) in [5, 5.41) is 11.6. The standard InChI is InChI=1S/C17H25N5OS2/c1-12-8-6-7-9-13(12)18-15-20-22(16(24)25-15)11-21(5)10-14(23)19-17(2,3)4/h6-9H,10-11H2,1-5H3,(H,18,20)(H,19,23)/p+1. The number of quaternary nitrogens is 1. The Bertz CT molecular complexity index is 791. The van der Waals surface area contributed by atoms with Crippen LogP contribution in [0.3, 0.4) is 0 Å². The van der Waals surface area contributed by atoms with E-state index in [1.165, 1.54) is 11.3 Å². The van der Waals surface area contributed by atoms with E-state index in [1.807, 2.05) is 59.0 Å². The Balaban J connectivity index is 1.99. The van der Waals surface area contributed by atoms with Gasteiger partial charge in [0, 0.05) is 11.2 Å². The van der Waals surface area contributed by atoms with Gasteiger partial charge in [-0.15, -0.1) is 5.10 Å². The molecule has 0 spiro atoms. The first kappa shape index (κ1) is 19.6. The van der Waals surface area contributed by atoms with Crippen LogP contribution in [0, 0.1) is 10.9 Å². The normalized spacial score (nSPS) is 12.7. The maximum atomic E-state index is 12.0. The van der Waals surface area contributed by atoms with Gasteiger partial charge in [-0.25, -0.2) is 0 Å². The third-order valence-corrected chi connectivity index (χ3v) is 4.61. The molecule has 0 aliphatic rings. The van der Waals surface area contributed by atoms with E-state index in [9.17, 15) is 4.79 Å². The van der Waals surface area contributed by atoms with E-state index in [1.54, 1.807) is 4.68 Å². The topological polar surface area (TPSA) is 63.4 Å². The van der Waals surface area contributed by atoms with Crippen LogP contribution >= 0.6 is 23.6 Å². The fourth-order valence-corrected chi connectivity index (χ4v) is 3.35. The molecule has 0 aliphatic carbocycles. The van der Waals surface area contributed by atoms with E-state index >= 15 is 0 Å². The summed E-state index contributed by atoms with van der Waals surface area (Å²) in [6.07, 6.45) is 0.